The van der Waals surface area contributed by atoms with E-state index in [0.717, 1.165) is 39.1 Å². The van der Waals surface area contributed by atoms with Crippen LogP contribution in [0.2, 0.25) is 0 Å². The molecule has 2 aliphatic rings. The predicted octanol–water partition coefficient (Wildman–Crippen LogP) is 4.50. The van der Waals surface area contributed by atoms with Crippen LogP contribution in [0.4, 0.5) is 0 Å². The molecule has 3 heterocycles. The first-order valence-electron chi connectivity index (χ1n) is 10.6. The first-order valence-corrected chi connectivity index (χ1v) is 10.6. The molecule has 6 rings (SSSR count). The molecule has 1 unspecified atom stereocenters. The van der Waals surface area contributed by atoms with Crippen LogP contribution in [0.25, 0.3) is 11.1 Å². The second-order valence-corrected chi connectivity index (χ2v) is 8.02. The zero-order chi connectivity index (χ0) is 22.4. The number of aromatic nitrogens is 1. The third-order valence-corrected chi connectivity index (χ3v) is 6.23. The molecule has 33 heavy (non-hydrogen) atoms. The Labute approximate surface area is 191 Å². The third kappa shape index (κ3) is 2.95. The summed E-state index contributed by atoms with van der Waals surface area (Å²) in [6, 6.07) is 24.4. The Bertz CT molecular complexity index is 1420. The van der Waals surface area contributed by atoms with Crippen LogP contribution in [-0.4, -0.2) is 24.7 Å². The maximum atomic E-state index is 6.46. The second kappa shape index (κ2) is 7.38. The number of hydrogen-bond acceptors (Lipinski definition) is 6. The predicted molar refractivity (Wildman–Crippen MR) is 126 cm³/mol. The Balaban J connectivity index is 1.59. The van der Waals surface area contributed by atoms with Gasteiger partial charge in [-0.1, -0.05) is 48.5 Å². The van der Waals surface area contributed by atoms with E-state index in [1.807, 2.05) is 54.7 Å². The van der Waals surface area contributed by atoms with Gasteiger partial charge in [0.15, 0.2) is 11.5 Å². The van der Waals surface area contributed by atoms with Gasteiger partial charge in [-0.2, -0.15) is 0 Å². The van der Waals surface area contributed by atoms with Crippen molar-refractivity contribution in [2.75, 3.05) is 13.9 Å². The molecule has 4 aromatic rings. The summed E-state index contributed by atoms with van der Waals surface area (Å²) in [5.74, 6) is 2.65. The Kier molecular flexibility index (Phi) is 4.33. The van der Waals surface area contributed by atoms with Gasteiger partial charge in [-0.15, -0.1) is 0 Å². The highest BCUT2D eigenvalue weighted by Gasteiger charge is 2.43. The zero-order valence-corrected chi connectivity index (χ0v) is 18.0. The fraction of sp³-hybridized carbons (Fsp3) is 0.111. The summed E-state index contributed by atoms with van der Waals surface area (Å²) in [6.07, 6.45) is 3.52. The van der Waals surface area contributed by atoms with E-state index in [-0.39, 0.29) is 6.79 Å². The van der Waals surface area contributed by atoms with E-state index in [9.17, 15) is 0 Å². The molecule has 0 saturated carbocycles. The lowest BCUT2D eigenvalue weighted by atomic mass is 9.77. The number of nitrogens with two attached hydrogens (primary N) is 1. The van der Waals surface area contributed by atoms with E-state index in [2.05, 4.69) is 29.2 Å². The number of amidine groups is 1. The maximum Gasteiger partial charge on any atom is 0.231 e. The average Bonchev–Trinajstić information content (AvgIpc) is 3.47. The minimum atomic E-state index is -0.816. The van der Waals surface area contributed by atoms with Crippen molar-refractivity contribution in [3.8, 4) is 28.4 Å². The van der Waals surface area contributed by atoms with E-state index in [1.54, 1.807) is 13.3 Å². The highest BCUT2D eigenvalue weighted by atomic mass is 16.7. The minimum absolute atomic E-state index is 0.214. The van der Waals surface area contributed by atoms with Crippen molar-refractivity contribution in [2.24, 2.45) is 10.7 Å². The molecule has 0 saturated heterocycles. The van der Waals surface area contributed by atoms with Crippen LogP contribution < -0.4 is 19.9 Å². The molecule has 0 spiro atoms. The van der Waals surface area contributed by atoms with Gasteiger partial charge in [0.2, 0.25) is 6.79 Å². The fourth-order valence-corrected chi connectivity index (χ4v) is 4.66. The Morgan fingerprint density at radius 3 is 2.61 bits per heavy atom. The molecule has 3 aromatic carbocycles. The zero-order valence-electron chi connectivity index (χ0n) is 18.0. The molecular formula is C27H21N3O3. The highest BCUT2D eigenvalue weighted by Crippen LogP contribution is 2.48. The molecular weight excluding hydrogens is 414 g/mol. The van der Waals surface area contributed by atoms with E-state index < -0.39 is 5.54 Å². The van der Waals surface area contributed by atoms with Crippen molar-refractivity contribution >= 4 is 5.84 Å². The van der Waals surface area contributed by atoms with Crippen molar-refractivity contribution in [3.63, 3.8) is 0 Å². The summed E-state index contributed by atoms with van der Waals surface area (Å²) in [5, 5.41) is 0. The number of aliphatic imine (C=N–C) groups is 1. The summed E-state index contributed by atoms with van der Waals surface area (Å²) in [7, 11) is 1.64. The van der Waals surface area contributed by atoms with E-state index >= 15 is 0 Å². The van der Waals surface area contributed by atoms with Crippen molar-refractivity contribution in [1.82, 2.24) is 4.98 Å². The molecule has 0 bridgehead atoms. The smallest absolute Gasteiger partial charge is 0.231 e. The van der Waals surface area contributed by atoms with Crippen LogP contribution >= 0.6 is 0 Å². The molecule has 0 aliphatic carbocycles. The van der Waals surface area contributed by atoms with Crippen LogP contribution in [0.3, 0.4) is 0 Å². The monoisotopic (exact) mass is 435 g/mol. The number of pyridine rings is 1. The minimum Gasteiger partial charge on any atom is -0.495 e. The van der Waals surface area contributed by atoms with Gasteiger partial charge >= 0.3 is 0 Å². The molecule has 162 valence electrons. The van der Waals surface area contributed by atoms with E-state index in [4.69, 9.17) is 24.9 Å². The van der Waals surface area contributed by atoms with Gasteiger partial charge in [0.25, 0.3) is 0 Å². The highest BCUT2D eigenvalue weighted by molar-refractivity contribution is 6.03. The fourth-order valence-electron chi connectivity index (χ4n) is 4.66. The van der Waals surface area contributed by atoms with Gasteiger partial charge in [-0.25, -0.2) is 4.99 Å². The topological polar surface area (TPSA) is 79.0 Å². The van der Waals surface area contributed by atoms with Crippen LogP contribution in [0.15, 0.2) is 90.2 Å². The standard InChI is InChI=1S/C27H21N3O3/c1-31-21-12-18(14-29-15-21)17-5-4-6-19(11-17)27(20-9-10-24-25(13-20)33-16-32-24)23-8-3-2-7-22(23)26(28)30-27/h2-15H,16H2,1H3,(H2,28,30). The second-order valence-electron chi connectivity index (χ2n) is 8.02. The maximum absolute atomic E-state index is 6.46. The summed E-state index contributed by atoms with van der Waals surface area (Å²) in [6.45, 7) is 0.214. The van der Waals surface area contributed by atoms with Crippen molar-refractivity contribution in [2.45, 2.75) is 5.54 Å². The van der Waals surface area contributed by atoms with Crippen LogP contribution in [0.1, 0.15) is 22.3 Å². The van der Waals surface area contributed by atoms with Gasteiger partial charge < -0.3 is 19.9 Å². The summed E-state index contributed by atoms with van der Waals surface area (Å²) < 4.78 is 16.6. The quantitative estimate of drug-likeness (QED) is 0.511. The molecule has 1 aromatic heterocycles. The number of hydrogen-bond donors (Lipinski definition) is 1. The summed E-state index contributed by atoms with van der Waals surface area (Å²) >= 11 is 0. The number of methoxy groups -OCH3 is 1. The summed E-state index contributed by atoms with van der Waals surface area (Å²) in [5.41, 5.74) is 11.5. The molecule has 0 amide bonds. The lowest BCUT2D eigenvalue weighted by molar-refractivity contribution is 0.174. The first-order chi connectivity index (χ1) is 16.2. The largest absolute Gasteiger partial charge is 0.495 e. The van der Waals surface area contributed by atoms with Gasteiger partial charge in [0.1, 0.15) is 17.1 Å². The van der Waals surface area contributed by atoms with Crippen molar-refractivity contribution in [3.05, 3.63) is 107 Å². The van der Waals surface area contributed by atoms with E-state index in [0.29, 0.717) is 17.3 Å². The van der Waals surface area contributed by atoms with Crippen LogP contribution in [0, 0.1) is 0 Å². The number of nitrogens with zero attached hydrogens (tertiary/aromatic N) is 2. The van der Waals surface area contributed by atoms with Gasteiger partial charge in [0, 0.05) is 17.3 Å². The molecule has 6 nitrogen and oxygen atoms in total. The van der Waals surface area contributed by atoms with E-state index in [1.165, 1.54) is 0 Å². The van der Waals surface area contributed by atoms with Crippen LogP contribution in [0.5, 0.6) is 17.2 Å². The Morgan fingerprint density at radius 2 is 1.70 bits per heavy atom. The third-order valence-electron chi connectivity index (χ3n) is 6.23. The molecule has 0 fully saturated rings. The SMILES string of the molecule is COc1cncc(-c2cccc(C3(c4ccc5c(c4)OCO5)N=C(N)c4ccccc43)c2)c1. The molecule has 0 radical (unpaired) electrons. The molecule has 2 aliphatic heterocycles. The molecule has 1 atom stereocenters. The normalized spacial score (nSPS) is 18.0. The Morgan fingerprint density at radius 1 is 0.848 bits per heavy atom. The molecule has 6 heteroatoms. The van der Waals surface area contributed by atoms with Crippen molar-refractivity contribution in [1.29, 1.82) is 0 Å². The van der Waals surface area contributed by atoms with Gasteiger partial charge in [0.05, 0.1) is 13.3 Å². The Hall–Kier alpha value is -4.32. The first kappa shape index (κ1) is 19.4. The molecule has 2 N–H and O–H groups in total. The lowest BCUT2D eigenvalue weighted by Gasteiger charge is -2.29. The van der Waals surface area contributed by atoms with Crippen LogP contribution in [-0.2, 0) is 5.54 Å². The summed E-state index contributed by atoms with van der Waals surface area (Å²) in [4.78, 5) is 9.40. The lowest BCUT2D eigenvalue weighted by Crippen LogP contribution is -2.25. The average molecular weight is 435 g/mol. The van der Waals surface area contributed by atoms with Gasteiger partial charge in [-0.3, -0.25) is 4.98 Å². The number of benzene rings is 3. The van der Waals surface area contributed by atoms with Gasteiger partial charge in [-0.05, 0) is 46.5 Å². The van der Waals surface area contributed by atoms with Crippen molar-refractivity contribution < 1.29 is 14.2 Å². The number of ether oxygens (including phenoxy) is 3. The number of fused-ring (bicyclic) bond motifs is 2. The number of rotatable bonds is 4.